The van der Waals surface area contributed by atoms with Crippen LogP contribution >= 0.6 is 0 Å². The lowest BCUT2D eigenvalue weighted by Crippen LogP contribution is -2.09. The predicted octanol–water partition coefficient (Wildman–Crippen LogP) is 11.3. The van der Waals surface area contributed by atoms with Crippen molar-refractivity contribution in [2.45, 2.75) is 0 Å². The van der Waals surface area contributed by atoms with Gasteiger partial charge in [0.1, 0.15) is 11.2 Å². The summed E-state index contributed by atoms with van der Waals surface area (Å²) in [6.45, 7) is 0. The molecule has 0 amide bonds. The minimum absolute atomic E-state index is 0.827. The molecule has 10 aromatic rings. The normalized spacial score (nSPS) is 11.5. The van der Waals surface area contributed by atoms with E-state index in [4.69, 9.17) is 9.40 Å². The van der Waals surface area contributed by atoms with Crippen LogP contribution in [0.3, 0.4) is 0 Å². The predicted molar refractivity (Wildman–Crippen MR) is 209 cm³/mol. The van der Waals surface area contributed by atoms with Crippen LogP contribution in [0.25, 0.3) is 77.3 Å². The van der Waals surface area contributed by atoms with Crippen LogP contribution in [-0.4, -0.2) is 24.9 Å². The van der Waals surface area contributed by atoms with Gasteiger partial charge in [0, 0.05) is 92.3 Å². The molecule has 7 nitrogen and oxygen atoms in total. The van der Waals surface area contributed by atoms with Gasteiger partial charge in [0.25, 0.3) is 0 Å². The molecule has 0 saturated carbocycles. The first kappa shape index (κ1) is 29.6. The first-order valence-corrected chi connectivity index (χ1v) is 17.0. The lowest BCUT2D eigenvalue weighted by molar-refractivity contribution is 0.668. The van der Waals surface area contributed by atoms with Crippen LogP contribution in [0.15, 0.2) is 175 Å². The average Bonchev–Trinajstić information content (AvgIpc) is 3.59. The van der Waals surface area contributed by atoms with E-state index >= 15 is 0 Å². The molecule has 0 fully saturated rings. The van der Waals surface area contributed by atoms with Gasteiger partial charge in [-0.3, -0.25) is 24.9 Å². The number of aromatic nitrogens is 5. The molecule has 0 N–H and O–H groups in total. The van der Waals surface area contributed by atoms with Crippen LogP contribution in [0.2, 0.25) is 0 Å². The van der Waals surface area contributed by atoms with Gasteiger partial charge < -0.3 is 9.32 Å². The van der Waals surface area contributed by atoms with E-state index in [2.05, 4.69) is 116 Å². The van der Waals surface area contributed by atoms with E-state index in [1.807, 2.05) is 55.0 Å². The van der Waals surface area contributed by atoms with Crippen molar-refractivity contribution in [3.05, 3.63) is 171 Å². The topological polar surface area (TPSA) is 80.8 Å². The highest BCUT2D eigenvalue weighted by Gasteiger charge is 2.15. The van der Waals surface area contributed by atoms with Crippen molar-refractivity contribution in [2.75, 3.05) is 4.90 Å². The van der Waals surface area contributed by atoms with Gasteiger partial charge >= 0.3 is 0 Å². The molecule has 0 aliphatic heterocycles. The number of nitrogens with zero attached hydrogens (tertiary/aromatic N) is 6. The Balaban J connectivity index is 1.02. The highest BCUT2D eigenvalue weighted by molar-refractivity contribution is 6.05. The van der Waals surface area contributed by atoms with Crippen molar-refractivity contribution in [2.24, 2.45) is 0 Å². The molecule has 0 radical (unpaired) electrons. The second-order valence-corrected chi connectivity index (χ2v) is 12.7. The standard InChI is InChI=1S/C45H28N6O/c1-2-4-44-39(3-1)40-26-50-41(23-45(40)52-44)31-9-15-38(16-10-31)51(36-11-5-29(6-12-36)34-21-32-17-19-46-27-42(32)48-24-34)37-13-7-30(8-14-37)35-22-33-18-20-47-28-43(33)49-25-35/h1-28H. The number of benzene rings is 4. The summed E-state index contributed by atoms with van der Waals surface area (Å²) < 4.78 is 6.16. The van der Waals surface area contributed by atoms with Crippen LogP contribution in [-0.2, 0) is 0 Å². The third kappa shape index (κ3) is 5.28. The summed E-state index contributed by atoms with van der Waals surface area (Å²) >= 11 is 0. The quantitative estimate of drug-likeness (QED) is 0.174. The maximum absolute atomic E-state index is 6.16. The van der Waals surface area contributed by atoms with Crippen molar-refractivity contribution < 1.29 is 4.42 Å². The molecule has 0 unspecified atom stereocenters. The number of fused-ring (bicyclic) bond motifs is 5. The monoisotopic (exact) mass is 668 g/mol. The highest BCUT2D eigenvalue weighted by Crippen LogP contribution is 2.38. The molecule has 52 heavy (non-hydrogen) atoms. The summed E-state index contributed by atoms with van der Waals surface area (Å²) in [7, 11) is 0. The molecule has 0 atom stereocenters. The largest absolute Gasteiger partial charge is 0.456 e. The average molecular weight is 669 g/mol. The van der Waals surface area contributed by atoms with E-state index < -0.39 is 0 Å². The van der Waals surface area contributed by atoms with E-state index in [1.54, 1.807) is 24.8 Å². The summed E-state index contributed by atoms with van der Waals surface area (Å²) in [5.41, 5.74) is 12.7. The Morgan fingerprint density at radius 1 is 0.404 bits per heavy atom. The molecule has 4 aromatic carbocycles. The number of rotatable bonds is 6. The Morgan fingerprint density at radius 2 is 0.942 bits per heavy atom. The van der Waals surface area contributed by atoms with Gasteiger partial charge in [-0.25, -0.2) is 0 Å². The molecule has 0 spiro atoms. The third-order valence-electron chi connectivity index (χ3n) is 9.58. The number of furan rings is 1. The van der Waals surface area contributed by atoms with Crippen molar-refractivity contribution in [1.29, 1.82) is 0 Å². The van der Waals surface area contributed by atoms with Gasteiger partial charge in [0.15, 0.2) is 0 Å². The number of anilines is 3. The number of pyridine rings is 5. The Bertz CT molecular complexity index is 2780. The van der Waals surface area contributed by atoms with Gasteiger partial charge in [-0.15, -0.1) is 0 Å². The molecule has 10 rings (SSSR count). The van der Waals surface area contributed by atoms with E-state index in [9.17, 15) is 0 Å². The fourth-order valence-electron chi connectivity index (χ4n) is 6.87. The van der Waals surface area contributed by atoms with Crippen LogP contribution < -0.4 is 4.90 Å². The van der Waals surface area contributed by atoms with Gasteiger partial charge in [-0.05, 0) is 77.9 Å². The minimum Gasteiger partial charge on any atom is -0.456 e. The maximum atomic E-state index is 6.16. The highest BCUT2D eigenvalue weighted by atomic mass is 16.3. The lowest BCUT2D eigenvalue weighted by atomic mass is 10.0. The molecular formula is C45H28N6O. The van der Waals surface area contributed by atoms with Gasteiger partial charge in [0.05, 0.1) is 29.1 Å². The second-order valence-electron chi connectivity index (χ2n) is 12.7. The van der Waals surface area contributed by atoms with Gasteiger partial charge in [-0.1, -0.05) is 54.6 Å². The number of hydrogen-bond donors (Lipinski definition) is 0. The first-order valence-electron chi connectivity index (χ1n) is 17.0. The molecule has 244 valence electrons. The zero-order valence-corrected chi connectivity index (χ0v) is 27.8. The second kappa shape index (κ2) is 12.3. The van der Waals surface area contributed by atoms with E-state index in [0.717, 1.165) is 94.3 Å². The summed E-state index contributed by atoms with van der Waals surface area (Å²) in [5.74, 6) is 0. The molecule has 0 aliphatic carbocycles. The van der Waals surface area contributed by atoms with E-state index in [-0.39, 0.29) is 0 Å². The van der Waals surface area contributed by atoms with Crippen molar-refractivity contribution >= 4 is 60.8 Å². The minimum atomic E-state index is 0.827. The molecule has 0 aliphatic rings. The van der Waals surface area contributed by atoms with Gasteiger partial charge in [-0.2, -0.15) is 0 Å². The van der Waals surface area contributed by atoms with E-state index in [0.29, 0.717) is 0 Å². The number of hydrogen-bond acceptors (Lipinski definition) is 7. The van der Waals surface area contributed by atoms with E-state index in [1.165, 1.54) is 0 Å². The molecule has 0 saturated heterocycles. The van der Waals surface area contributed by atoms with Crippen LogP contribution in [0.4, 0.5) is 17.1 Å². The van der Waals surface area contributed by atoms with Crippen molar-refractivity contribution in [3.63, 3.8) is 0 Å². The van der Waals surface area contributed by atoms with Crippen molar-refractivity contribution in [3.8, 4) is 33.5 Å². The Morgan fingerprint density at radius 3 is 1.52 bits per heavy atom. The molecular weight excluding hydrogens is 641 g/mol. The summed E-state index contributed by atoms with van der Waals surface area (Å²) in [6.07, 6.45) is 12.9. The SMILES string of the molecule is c1ccc2c(c1)oc1cc(-c3ccc(N(c4ccc(-c5cnc6cnccc6c5)cc4)c4ccc(-c5cnc6cnccc6c5)cc4)cc3)ncc12. The fourth-order valence-corrected chi connectivity index (χ4v) is 6.87. The lowest BCUT2D eigenvalue weighted by Gasteiger charge is -2.26. The third-order valence-corrected chi connectivity index (χ3v) is 9.58. The summed E-state index contributed by atoms with van der Waals surface area (Å²) in [4.78, 5) is 24.7. The Hall–Kier alpha value is -7.25. The van der Waals surface area contributed by atoms with Crippen molar-refractivity contribution in [1.82, 2.24) is 24.9 Å². The van der Waals surface area contributed by atoms with Gasteiger partial charge in [0.2, 0.25) is 0 Å². The fraction of sp³-hybridized carbons (Fsp3) is 0. The smallest absolute Gasteiger partial charge is 0.139 e. The zero-order chi connectivity index (χ0) is 34.4. The zero-order valence-electron chi connectivity index (χ0n) is 27.8. The number of para-hydroxylation sites is 1. The summed E-state index contributed by atoms with van der Waals surface area (Å²) in [6, 6.07) is 44.1. The Labute approximate surface area is 298 Å². The van der Waals surface area contributed by atoms with Crippen LogP contribution in [0, 0.1) is 0 Å². The molecule has 6 heterocycles. The molecule has 7 heteroatoms. The molecule has 6 aromatic heterocycles. The summed E-state index contributed by atoms with van der Waals surface area (Å²) in [5, 5.41) is 4.21. The van der Waals surface area contributed by atoms with Crippen LogP contribution in [0.1, 0.15) is 0 Å². The first-order chi connectivity index (χ1) is 25.7. The van der Waals surface area contributed by atoms with Crippen LogP contribution in [0.5, 0.6) is 0 Å². The Kier molecular flexibility index (Phi) is 6.99. The molecule has 0 bridgehead atoms. The maximum Gasteiger partial charge on any atom is 0.139 e.